The third-order valence-electron chi connectivity index (χ3n) is 5.17. The molecular formula is C24H21Cl2NO4. The van der Waals surface area contributed by atoms with E-state index < -0.39 is 12.2 Å². The Kier molecular flexibility index (Phi) is 6.66. The fraction of sp³-hybridized carbons (Fsp3) is 0.208. The Morgan fingerprint density at radius 2 is 1.61 bits per heavy atom. The summed E-state index contributed by atoms with van der Waals surface area (Å²) in [4.78, 5) is 12.2. The number of hydrogen-bond acceptors (Lipinski definition) is 4. The molecule has 0 aromatic heterocycles. The molecule has 0 saturated carbocycles. The number of alkyl carbamates (subject to hydrolysis) is 1. The SMILES string of the molecule is O=C(NCC(O)COc1cccc(Cl)c1Cl)OCC1c2ccccc2-c2ccccc21. The Hall–Kier alpha value is -2.73. The molecular weight excluding hydrogens is 437 g/mol. The number of rotatable bonds is 7. The van der Waals surface area contributed by atoms with Crippen molar-refractivity contribution < 1.29 is 19.4 Å². The zero-order valence-corrected chi connectivity index (χ0v) is 18.1. The molecule has 4 rings (SSSR count). The minimum absolute atomic E-state index is 0.0172. The van der Waals surface area contributed by atoms with Gasteiger partial charge in [0, 0.05) is 5.92 Å². The van der Waals surface area contributed by atoms with Gasteiger partial charge in [-0.2, -0.15) is 0 Å². The van der Waals surface area contributed by atoms with Crippen molar-refractivity contribution in [1.29, 1.82) is 0 Å². The summed E-state index contributed by atoms with van der Waals surface area (Å²) in [6, 6.07) is 21.3. The molecule has 5 nitrogen and oxygen atoms in total. The van der Waals surface area contributed by atoms with Gasteiger partial charge in [-0.15, -0.1) is 0 Å². The van der Waals surface area contributed by atoms with Crippen LogP contribution in [0.4, 0.5) is 4.79 Å². The fourth-order valence-corrected chi connectivity index (χ4v) is 4.04. The standard InChI is InChI=1S/C24H21Cl2NO4/c25-21-10-5-11-22(23(21)26)30-13-15(28)12-27-24(29)31-14-20-18-8-3-1-6-16(18)17-7-2-4-9-19(17)20/h1-11,15,20,28H,12-14H2,(H,27,29). The summed E-state index contributed by atoms with van der Waals surface area (Å²) in [5.41, 5.74) is 4.62. The highest BCUT2D eigenvalue weighted by atomic mass is 35.5. The zero-order valence-electron chi connectivity index (χ0n) is 16.6. The van der Waals surface area contributed by atoms with Crippen molar-refractivity contribution in [2.75, 3.05) is 19.8 Å². The van der Waals surface area contributed by atoms with Crippen molar-refractivity contribution in [3.05, 3.63) is 87.9 Å². The number of carbonyl (C=O) groups excluding carboxylic acids is 1. The summed E-state index contributed by atoms with van der Waals surface area (Å²) in [6.07, 6.45) is -1.53. The van der Waals surface area contributed by atoms with Crippen LogP contribution in [0.25, 0.3) is 11.1 Å². The van der Waals surface area contributed by atoms with Crippen molar-refractivity contribution in [2.24, 2.45) is 0 Å². The van der Waals surface area contributed by atoms with E-state index in [0.29, 0.717) is 10.8 Å². The van der Waals surface area contributed by atoms with Crippen LogP contribution in [0.5, 0.6) is 5.75 Å². The molecule has 1 aliphatic carbocycles. The van der Waals surface area contributed by atoms with Gasteiger partial charge in [0.2, 0.25) is 0 Å². The number of carbonyl (C=O) groups is 1. The van der Waals surface area contributed by atoms with E-state index in [4.69, 9.17) is 32.7 Å². The lowest BCUT2D eigenvalue weighted by molar-refractivity contribution is 0.0975. The van der Waals surface area contributed by atoms with Crippen LogP contribution < -0.4 is 10.1 Å². The smallest absolute Gasteiger partial charge is 0.407 e. The van der Waals surface area contributed by atoms with Crippen LogP contribution in [0.15, 0.2) is 66.7 Å². The van der Waals surface area contributed by atoms with Gasteiger partial charge in [0.05, 0.1) is 11.6 Å². The normalized spacial score (nSPS) is 13.3. The van der Waals surface area contributed by atoms with Gasteiger partial charge < -0.3 is 19.9 Å². The lowest BCUT2D eigenvalue weighted by atomic mass is 9.98. The summed E-state index contributed by atoms with van der Waals surface area (Å²) >= 11 is 12.0. The number of halogens is 2. The summed E-state index contributed by atoms with van der Waals surface area (Å²) < 4.78 is 10.9. The molecule has 0 heterocycles. The van der Waals surface area contributed by atoms with Crippen LogP contribution in [0.3, 0.4) is 0 Å². The number of hydrogen-bond donors (Lipinski definition) is 2. The highest BCUT2D eigenvalue weighted by Crippen LogP contribution is 2.44. The number of aliphatic hydroxyl groups is 1. The molecule has 31 heavy (non-hydrogen) atoms. The second-order valence-electron chi connectivity index (χ2n) is 7.22. The molecule has 1 unspecified atom stereocenters. The maximum absolute atomic E-state index is 12.2. The van der Waals surface area contributed by atoms with Crippen molar-refractivity contribution >= 4 is 29.3 Å². The van der Waals surface area contributed by atoms with Crippen molar-refractivity contribution in [1.82, 2.24) is 5.32 Å². The van der Waals surface area contributed by atoms with Gasteiger partial charge in [0.25, 0.3) is 0 Å². The predicted octanol–water partition coefficient (Wildman–Crippen LogP) is 5.27. The summed E-state index contributed by atoms with van der Waals surface area (Å²) in [5, 5.41) is 13.3. The van der Waals surface area contributed by atoms with Gasteiger partial charge in [-0.3, -0.25) is 0 Å². The first-order valence-electron chi connectivity index (χ1n) is 9.88. The first-order chi connectivity index (χ1) is 15.0. The van der Waals surface area contributed by atoms with Crippen LogP contribution in [-0.2, 0) is 4.74 Å². The molecule has 7 heteroatoms. The topological polar surface area (TPSA) is 67.8 Å². The van der Waals surface area contributed by atoms with E-state index in [1.165, 1.54) is 11.1 Å². The van der Waals surface area contributed by atoms with Crippen LogP contribution in [0, 0.1) is 0 Å². The van der Waals surface area contributed by atoms with Gasteiger partial charge in [0.1, 0.15) is 30.1 Å². The number of fused-ring (bicyclic) bond motifs is 3. The highest BCUT2D eigenvalue weighted by molar-refractivity contribution is 6.42. The predicted molar refractivity (Wildman–Crippen MR) is 121 cm³/mol. The minimum Gasteiger partial charge on any atom is -0.489 e. The first kappa shape index (κ1) is 21.5. The molecule has 0 spiro atoms. The zero-order chi connectivity index (χ0) is 21.8. The van der Waals surface area contributed by atoms with Gasteiger partial charge in [-0.25, -0.2) is 4.79 Å². The number of nitrogens with one attached hydrogen (secondary N) is 1. The van der Waals surface area contributed by atoms with Crippen LogP contribution in [0.2, 0.25) is 10.0 Å². The quantitative estimate of drug-likeness (QED) is 0.506. The van der Waals surface area contributed by atoms with E-state index in [-0.39, 0.29) is 30.7 Å². The average molecular weight is 458 g/mol. The highest BCUT2D eigenvalue weighted by Gasteiger charge is 2.29. The molecule has 1 amide bonds. The van der Waals surface area contributed by atoms with E-state index in [2.05, 4.69) is 29.6 Å². The number of amides is 1. The third-order valence-corrected chi connectivity index (χ3v) is 5.97. The molecule has 160 valence electrons. The Labute approximate surface area is 190 Å². The second-order valence-corrected chi connectivity index (χ2v) is 8.01. The molecule has 0 radical (unpaired) electrons. The molecule has 3 aromatic carbocycles. The van der Waals surface area contributed by atoms with E-state index in [9.17, 15) is 9.90 Å². The monoisotopic (exact) mass is 457 g/mol. The molecule has 1 atom stereocenters. The third kappa shape index (κ3) is 4.79. The maximum atomic E-state index is 12.2. The fourth-order valence-electron chi connectivity index (χ4n) is 3.69. The average Bonchev–Trinajstić information content (AvgIpc) is 3.11. The Morgan fingerprint density at radius 1 is 0.968 bits per heavy atom. The Morgan fingerprint density at radius 3 is 2.29 bits per heavy atom. The summed E-state index contributed by atoms with van der Waals surface area (Å²) in [6.45, 7) is 0.142. The minimum atomic E-state index is -0.935. The summed E-state index contributed by atoms with van der Waals surface area (Å²) in [7, 11) is 0. The lowest BCUT2D eigenvalue weighted by Gasteiger charge is -2.16. The van der Waals surface area contributed by atoms with Crippen LogP contribution in [-0.4, -0.2) is 37.1 Å². The van der Waals surface area contributed by atoms with Crippen LogP contribution >= 0.6 is 23.2 Å². The summed E-state index contributed by atoms with van der Waals surface area (Å²) in [5.74, 6) is 0.353. The molecule has 1 aliphatic rings. The number of aliphatic hydroxyl groups excluding tert-OH is 1. The van der Waals surface area contributed by atoms with Gasteiger partial charge in [-0.05, 0) is 34.4 Å². The molecule has 0 aliphatic heterocycles. The Balaban J connectivity index is 1.27. The van der Waals surface area contributed by atoms with Crippen molar-refractivity contribution in [2.45, 2.75) is 12.0 Å². The van der Waals surface area contributed by atoms with Crippen molar-refractivity contribution in [3.8, 4) is 16.9 Å². The molecule has 0 bridgehead atoms. The van der Waals surface area contributed by atoms with Crippen molar-refractivity contribution in [3.63, 3.8) is 0 Å². The second kappa shape index (κ2) is 9.60. The van der Waals surface area contributed by atoms with Crippen LogP contribution in [0.1, 0.15) is 17.0 Å². The van der Waals surface area contributed by atoms with E-state index in [1.807, 2.05) is 24.3 Å². The van der Waals surface area contributed by atoms with Gasteiger partial charge >= 0.3 is 6.09 Å². The van der Waals surface area contributed by atoms with E-state index in [1.54, 1.807) is 18.2 Å². The number of benzene rings is 3. The molecule has 3 aromatic rings. The van der Waals surface area contributed by atoms with E-state index >= 15 is 0 Å². The molecule has 0 saturated heterocycles. The lowest BCUT2D eigenvalue weighted by Crippen LogP contribution is -2.36. The molecule has 0 fully saturated rings. The Bertz CT molecular complexity index is 1040. The number of ether oxygens (including phenoxy) is 2. The first-order valence-corrected chi connectivity index (χ1v) is 10.6. The van der Waals surface area contributed by atoms with E-state index in [0.717, 1.165) is 11.1 Å². The van der Waals surface area contributed by atoms with Gasteiger partial charge in [0.15, 0.2) is 0 Å². The largest absolute Gasteiger partial charge is 0.489 e. The maximum Gasteiger partial charge on any atom is 0.407 e. The molecule has 2 N–H and O–H groups in total. The van der Waals surface area contributed by atoms with Gasteiger partial charge in [-0.1, -0.05) is 77.8 Å².